The monoisotopic (exact) mass is 182 g/mol. The van der Waals surface area contributed by atoms with E-state index in [4.69, 9.17) is 4.74 Å². The summed E-state index contributed by atoms with van der Waals surface area (Å²) in [5.74, 6) is 6.54. The molecule has 1 rings (SSSR count). The zero-order valence-electron chi connectivity index (χ0n) is 8.74. The Bertz CT molecular complexity index is 222. The molecule has 1 saturated heterocycles. The number of aliphatic hydroxyl groups is 1. The summed E-state index contributed by atoms with van der Waals surface area (Å²) in [5, 5.41) is 9.56. The van der Waals surface area contributed by atoms with Crippen molar-refractivity contribution in [2.75, 3.05) is 0 Å². The minimum Gasteiger partial charge on any atom is -0.378 e. The van der Waals surface area contributed by atoms with Crippen molar-refractivity contribution in [1.29, 1.82) is 0 Å². The molecule has 0 aliphatic carbocycles. The van der Waals surface area contributed by atoms with Gasteiger partial charge >= 0.3 is 0 Å². The SMILES string of the molecule is CC(C)C#CC(O)C1OC1C(C)C. The lowest BCUT2D eigenvalue weighted by Gasteiger charge is -1.99. The third-order valence-corrected chi connectivity index (χ3v) is 2.05. The second kappa shape index (κ2) is 4.13. The van der Waals surface area contributed by atoms with Crippen molar-refractivity contribution in [2.45, 2.75) is 46.0 Å². The van der Waals surface area contributed by atoms with E-state index < -0.39 is 6.10 Å². The fraction of sp³-hybridized carbons (Fsp3) is 0.818. The number of ether oxygens (including phenoxy) is 1. The van der Waals surface area contributed by atoms with E-state index in [2.05, 4.69) is 25.7 Å². The highest BCUT2D eigenvalue weighted by Crippen LogP contribution is 2.31. The van der Waals surface area contributed by atoms with Gasteiger partial charge in [0.2, 0.25) is 0 Å². The molecule has 0 aromatic carbocycles. The highest BCUT2D eigenvalue weighted by molar-refractivity contribution is 5.13. The maximum Gasteiger partial charge on any atom is 0.143 e. The number of epoxide rings is 1. The zero-order valence-corrected chi connectivity index (χ0v) is 8.74. The van der Waals surface area contributed by atoms with E-state index in [-0.39, 0.29) is 12.2 Å². The third kappa shape index (κ3) is 3.02. The second-order valence-electron chi connectivity index (χ2n) is 4.20. The summed E-state index contributed by atoms with van der Waals surface area (Å²) in [6.07, 6.45) is -0.447. The van der Waals surface area contributed by atoms with Crippen molar-refractivity contribution in [1.82, 2.24) is 0 Å². The van der Waals surface area contributed by atoms with E-state index in [9.17, 15) is 5.11 Å². The van der Waals surface area contributed by atoms with Gasteiger partial charge in [0, 0.05) is 5.92 Å². The predicted molar refractivity (Wildman–Crippen MR) is 52.1 cm³/mol. The predicted octanol–water partition coefficient (Wildman–Crippen LogP) is 1.43. The van der Waals surface area contributed by atoms with Crippen LogP contribution < -0.4 is 0 Å². The van der Waals surface area contributed by atoms with E-state index in [1.54, 1.807) is 0 Å². The maximum atomic E-state index is 9.56. The Hall–Kier alpha value is -0.520. The van der Waals surface area contributed by atoms with Crippen LogP contribution in [0.4, 0.5) is 0 Å². The summed E-state index contributed by atoms with van der Waals surface area (Å²) in [6, 6.07) is 0. The average molecular weight is 182 g/mol. The van der Waals surface area contributed by atoms with Gasteiger partial charge in [0.05, 0.1) is 6.10 Å². The van der Waals surface area contributed by atoms with Crippen LogP contribution in [-0.2, 0) is 4.74 Å². The standard InChI is InChI=1S/C11H18O2/c1-7(2)5-6-9(12)11-10(13-11)8(3)4/h7-12H,1-4H3. The van der Waals surface area contributed by atoms with Crippen LogP contribution in [0.25, 0.3) is 0 Å². The molecule has 0 saturated carbocycles. The van der Waals surface area contributed by atoms with Crippen LogP contribution in [0.15, 0.2) is 0 Å². The molecule has 1 heterocycles. The first-order valence-electron chi connectivity index (χ1n) is 4.87. The molecule has 13 heavy (non-hydrogen) atoms. The molecule has 3 atom stereocenters. The fourth-order valence-corrected chi connectivity index (χ4v) is 1.26. The van der Waals surface area contributed by atoms with Crippen LogP contribution in [0, 0.1) is 23.7 Å². The van der Waals surface area contributed by atoms with Crippen molar-refractivity contribution in [3.05, 3.63) is 0 Å². The third-order valence-electron chi connectivity index (χ3n) is 2.05. The van der Waals surface area contributed by atoms with Gasteiger partial charge in [-0.15, -0.1) is 0 Å². The second-order valence-corrected chi connectivity index (χ2v) is 4.20. The summed E-state index contributed by atoms with van der Waals surface area (Å²) in [6.45, 7) is 8.20. The van der Waals surface area contributed by atoms with Crippen molar-refractivity contribution in [2.24, 2.45) is 11.8 Å². The average Bonchev–Trinajstić information content (AvgIpc) is 2.78. The van der Waals surface area contributed by atoms with Crippen molar-refractivity contribution in [3.63, 3.8) is 0 Å². The molecule has 0 aromatic rings. The largest absolute Gasteiger partial charge is 0.378 e. The van der Waals surface area contributed by atoms with Gasteiger partial charge in [-0.3, -0.25) is 0 Å². The van der Waals surface area contributed by atoms with Crippen LogP contribution in [0.5, 0.6) is 0 Å². The summed E-state index contributed by atoms with van der Waals surface area (Å²) in [7, 11) is 0. The minimum absolute atomic E-state index is 0.0498. The lowest BCUT2D eigenvalue weighted by molar-refractivity contribution is 0.185. The van der Waals surface area contributed by atoms with Crippen LogP contribution in [0.3, 0.4) is 0 Å². The van der Waals surface area contributed by atoms with E-state index in [1.165, 1.54) is 0 Å². The maximum absolute atomic E-state index is 9.56. The van der Waals surface area contributed by atoms with Crippen LogP contribution in [0.1, 0.15) is 27.7 Å². The quantitative estimate of drug-likeness (QED) is 0.517. The Morgan fingerprint density at radius 3 is 2.08 bits per heavy atom. The molecular weight excluding hydrogens is 164 g/mol. The van der Waals surface area contributed by atoms with E-state index in [0.29, 0.717) is 11.8 Å². The van der Waals surface area contributed by atoms with E-state index in [1.807, 2.05) is 13.8 Å². The summed E-state index contributed by atoms with van der Waals surface area (Å²) < 4.78 is 5.32. The zero-order chi connectivity index (χ0) is 10.0. The lowest BCUT2D eigenvalue weighted by atomic mass is 10.0. The van der Waals surface area contributed by atoms with Crippen LogP contribution >= 0.6 is 0 Å². The molecular formula is C11H18O2. The first kappa shape index (κ1) is 10.6. The molecule has 0 radical (unpaired) electrons. The molecule has 74 valence electrons. The number of hydrogen-bond acceptors (Lipinski definition) is 2. The molecule has 1 fully saturated rings. The van der Waals surface area contributed by atoms with E-state index >= 15 is 0 Å². The molecule has 1 aliphatic rings. The van der Waals surface area contributed by atoms with E-state index in [0.717, 1.165) is 0 Å². The van der Waals surface area contributed by atoms with Gasteiger partial charge in [-0.25, -0.2) is 0 Å². The van der Waals surface area contributed by atoms with Gasteiger partial charge in [-0.2, -0.15) is 0 Å². The lowest BCUT2D eigenvalue weighted by Crippen LogP contribution is -2.16. The number of aliphatic hydroxyl groups excluding tert-OH is 1. The van der Waals surface area contributed by atoms with Gasteiger partial charge in [0.1, 0.15) is 12.2 Å². The topological polar surface area (TPSA) is 32.8 Å². The van der Waals surface area contributed by atoms with Crippen molar-refractivity contribution < 1.29 is 9.84 Å². The number of rotatable bonds is 2. The Morgan fingerprint density at radius 2 is 1.69 bits per heavy atom. The Labute approximate surface area is 80.3 Å². The molecule has 0 spiro atoms. The Morgan fingerprint density at radius 1 is 1.08 bits per heavy atom. The van der Waals surface area contributed by atoms with Gasteiger partial charge in [0.25, 0.3) is 0 Å². The van der Waals surface area contributed by atoms with Gasteiger partial charge < -0.3 is 9.84 Å². The van der Waals surface area contributed by atoms with Crippen LogP contribution in [-0.4, -0.2) is 23.4 Å². The smallest absolute Gasteiger partial charge is 0.143 e. The normalized spacial score (nSPS) is 28.5. The van der Waals surface area contributed by atoms with Crippen molar-refractivity contribution in [3.8, 4) is 11.8 Å². The highest BCUT2D eigenvalue weighted by atomic mass is 16.6. The molecule has 3 unspecified atom stereocenters. The molecule has 0 aromatic heterocycles. The number of hydrogen-bond donors (Lipinski definition) is 1. The molecule has 1 N–H and O–H groups in total. The van der Waals surface area contributed by atoms with Gasteiger partial charge in [-0.05, 0) is 5.92 Å². The van der Waals surface area contributed by atoms with Gasteiger partial charge in [-0.1, -0.05) is 39.5 Å². The molecule has 2 nitrogen and oxygen atoms in total. The highest BCUT2D eigenvalue weighted by Gasteiger charge is 2.45. The summed E-state index contributed by atoms with van der Waals surface area (Å²) in [4.78, 5) is 0. The molecule has 0 bridgehead atoms. The Kier molecular flexibility index (Phi) is 3.35. The first-order chi connectivity index (χ1) is 6.02. The fourth-order valence-electron chi connectivity index (χ4n) is 1.26. The first-order valence-corrected chi connectivity index (χ1v) is 4.87. The molecule has 2 heteroatoms. The summed E-state index contributed by atoms with van der Waals surface area (Å²) in [5.41, 5.74) is 0. The molecule has 0 amide bonds. The summed E-state index contributed by atoms with van der Waals surface area (Å²) >= 11 is 0. The molecule has 1 aliphatic heterocycles. The Balaban J connectivity index is 2.36. The van der Waals surface area contributed by atoms with Gasteiger partial charge in [0.15, 0.2) is 0 Å². The van der Waals surface area contributed by atoms with Crippen molar-refractivity contribution >= 4 is 0 Å². The minimum atomic E-state index is -0.602. The van der Waals surface area contributed by atoms with Crippen LogP contribution in [0.2, 0.25) is 0 Å².